The lowest BCUT2D eigenvalue weighted by atomic mass is 10.1. The number of Topliss-reactive ketones (excluding diaryl/α,β-unsaturated/α-hetero) is 1. The number of nitrogens with one attached hydrogen (secondary N) is 1. The van der Waals surface area contributed by atoms with Gasteiger partial charge in [0.25, 0.3) is 0 Å². The number of nitrogens with two attached hydrogens (primary N) is 1. The number of hydrogen-bond donors (Lipinski definition) is 2. The molecular weight excluding hydrogens is 304 g/mol. The molecule has 0 aliphatic carbocycles. The summed E-state index contributed by atoms with van der Waals surface area (Å²) in [6, 6.07) is 6.99. The van der Waals surface area contributed by atoms with Crippen molar-refractivity contribution in [1.82, 2.24) is 5.32 Å². The third kappa shape index (κ3) is 8.00. The van der Waals surface area contributed by atoms with Crippen LogP contribution in [0, 0.1) is 0 Å². The molecule has 0 atom stereocenters. The van der Waals surface area contributed by atoms with Gasteiger partial charge in [-0.05, 0) is 50.6 Å². The van der Waals surface area contributed by atoms with Crippen molar-refractivity contribution in [2.24, 2.45) is 5.73 Å². The summed E-state index contributed by atoms with van der Waals surface area (Å²) >= 11 is 0. The van der Waals surface area contributed by atoms with Gasteiger partial charge in [0.15, 0.2) is 5.78 Å². The smallest absolute Gasteiger partial charge is 0.220 e. The highest BCUT2D eigenvalue weighted by Crippen LogP contribution is 2.13. The molecule has 6 heteroatoms. The Bertz CT molecular complexity index is 449. The summed E-state index contributed by atoms with van der Waals surface area (Å²) < 4.78 is 5.32. The summed E-state index contributed by atoms with van der Waals surface area (Å²) in [6.45, 7) is 3.75. The first-order valence-corrected chi connectivity index (χ1v) is 7.40. The minimum absolute atomic E-state index is 0. The maximum atomic E-state index is 12.0. The lowest BCUT2D eigenvalue weighted by Gasteiger charge is -2.06. The lowest BCUT2D eigenvalue weighted by Crippen LogP contribution is -2.25. The first-order chi connectivity index (χ1) is 10.2. The molecule has 0 saturated heterocycles. The van der Waals surface area contributed by atoms with Gasteiger partial charge < -0.3 is 15.8 Å². The van der Waals surface area contributed by atoms with Crippen molar-refractivity contribution < 1.29 is 14.3 Å². The third-order valence-corrected chi connectivity index (χ3v) is 3.02. The zero-order chi connectivity index (χ0) is 15.5. The zero-order valence-electron chi connectivity index (χ0n) is 13.0. The molecule has 0 fully saturated rings. The van der Waals surface area contributed by atoms with Crippen molar-refractivity contribution in [3.63, 3.8) is 0 Å². The van der Waals surface area contributed by atoms with E-state index in [0.29, 0.717) is 25.3 Å². The Morgan fingerprint density at radius 1 is 1.14 bits per heavy atom. The molecule has 22 heavy (non-hydrogen) atoms. The summed E-state index contributed by atoms with van der Waals surface area (Å²) in [5, 5.41) is 2.78. The van der Waals surface area contributed by atoms with Gasteiger partial charge in [-0.2, -0.15) is 0 Å². The monoisotopic (exact) mass is 328 g/mol. The Labute approximate surface area is 138 Å². The topological polar surface area (TPSA) is 81.4 Å². The summed E-state index contributed by atoms with van der Waals surface area (Å²) in [5.74, 6) is 0.619. The van der Waals surface area contributed by atoms with Crippen molar-refractivity contribution in [2.75, 3.05) is 19.7 Å². The molecule has 1 amide bonds. The molecule has 1 rings (SSSR count). The summed E-state index contributed by atoms with van der Waals surface area (Å²) in [7, 11) is 0. The molecular formula is C16H25ClN2O3. The first-order valence-electron chi connectivity index (χ1n) is 7.40. The van der Waals surface area contributed by atoms with Crippen LogP contribution in [0.3, 0.4) is 0 Å². The van der Waals surface area contributed by atoms with Crippen molar-refractivity contribution in [3.05, 3.63) is 29.8 Å². The molecule has 3 N–H and O–H groups in total. The molecule has 0 saturated carbocycles. The number of amides is 1. The molecule has 5 nitrogen and oxygen atoms in total. The van der Waals surface area contributed by atoms with Crippen LogP contribution in [0.2, 0.25) is 0 Å². The second-order valence-electron chi connectivity index (χ2n) is 4.73. The van der Waals surface area contributed by atoms with Crippen LogP contribution in [-0.2, 0) is 4.79 Å². The van der Waals surface area contributed by atoms with E-state index in [1.807, 2.05) is 6.92 Å². The fraction of sp³-hybridized carbons (Fsp3) is 0.500. The third-order valence-electron chi connectivity index (χ3n) is 3.02. The number of ether oxygens (including phenoxy) is 1. The van der Waals surface area contributed by atoms with E-state index in [0.717, 1.165) is 18.6 Å². The first kappa shape index (κ1) is 20.4. The number of ketones is 1. The molecule has 0 bridgehead atoms. The quantitative estimate of drug-likeness (QED) is 0.510. The number of carbonyl (C=O) groups excluding carboxylic acids is 2. The molecule has 0 unspecified atom stereocenters. The van der Waals surface area contributed by atoms with E-state index in [2.05, 4.69) is 5.32 Å². The average molecular weight is 329 g/mol. The number of benzene rings is 1. The van der Waals surface area contributed by atoms with E-state index >= 15 is 0 Å². The number of halogens is 1. The van der Waals surface area contributed by atoms with Gasteiger partial charge >= 0.3 is 0 Å². The molecule has 0 spiro atoms. The van der Waals surface area contributed by atoms with E-state index in [1.54, 1.807) is 24.3 Å². The molecule has 0 aliphatic rings. The molecule has 0 aromatic heterocycles. The largest absolute Gasteiger partial charge is 0.494 e. The predicted molar refractivity (Wildman–Crippen MR) is 89.7 cm³/mol. The number of unbranched alkanes of at least 4 members (excludes halogenated alkanes) is 1. The van der Waals surface area contributed by atoms with Crippen LogP contribution in [0.1, 0.15) is 43.0 Å². The van der Waals surface area contributed by atoms with Crippen LogP contribution in [-0.4, -0.2) is 31.4 Å². The molecule has 1 aromatic carbocycles. The number of carbonyl (C=O) groups is 2. The van der Waals surface area contributed by atoms with Crippen LogP contribution < -0.4 is 15.8 Å². The Hall–Kier alpha value is -1.59. The summed E-state index contributed by atoms with van der Waals surface area (Å²) in [4.78, 5) is 23.5. The predicted octanol–water partition coefficient (Wildman–Crippen LogP) is 2.33. The fourth-order valence-corrected chi connectivity index (χ4v) is 1.86. The van der Waals surface area contributed by atoms with E-state index in [4.69, 9.17) is 10.5 Å². The Balaban J connectivity index is 0.00000441. The fourth-order valence-electron chi connectivity index (χ4n) is 1.86. The minimum atomic E-state index is -0.0914. The van der Waals surface area contributed by atoms with Crippen molar-refractivity contribution >= 4 is 24.1 Å². The second kappa shape index (κ2) is 12.0. The maximum absolute atomic E-state index is 12.0. The molecule has 124 valence electrons. The molecule has 0 heterocycles. The van der Waals surface area contributed by atoms with E-state index in [9.17, 15) is 9.59 Å². The van der Waals surface area contributed by atoms with E-state index < -0.39 is 0 Å². The molecule has 1 aromatic rings. The SMILES string of the molecule is CCOc1ccc(C(=O)CCC(=O)NCCCCN)cc1.Cl. The molecule has 0 radical (unpaired) electrons. The van der Waals surface area contributed by atoms with Gasteiger partial charge in [-0.15, -0.1) is 12.4 Å². The van der Waals surface area contributed by atoms with Gasteiger partial charge in [0.1, 0.15) is 5.75 Å². The maximum Gasteiger partial charge on any atom is 0.220 e. The highest BCUT2D eigenvalue weighted by Gasteiger charge is 2.09. The van der Waals surface area contributed by atoms with Crippen molar-refractivity contribution in [1.29, 1.82) is 0 Å². The van der Waals surface area contributed by atoms with Crippen LogP contribution in [0.5, 0.6) is 5.75 Å². The zero-order valence-corrected chi connectivity index (χ0v) is 13.8. The highest BCUT2D eigenvalue weighted by atomic mass is 35.5. The van der Waals surface area contributed by atoms with Gasteiger partial charge in [-0.1, -0.05) is 0 Å². The highest BCUT2D eigenvalue weighted by molar-refractivity contribution is 5.98. The van der Waals surface area contributed by atoms with Crippen LogP contribution in [0.25, 0.3) is 0 Å². The summed E-state index contributed by atoms with van der Waals surface area (Å²) in [5.41, 5.74) is 5.98. The molecule has 0 aliphatic heterocycles. The van der Waals surface area contributed by atoms with E-state index in [-0.39, 0.29) is 36.9 Å². The number of hydrogen-bond acceptors (Lipinski definition) is 4. The standard InChI is InChI=1S/C16H24N2O3.ClH/c1-2-21-14-7-5-13(6-8-14)15(19)9-10-16(20)18-12-4-3-11-17;/h5-8H,2-4,9-12,17H2,1H3,(H,18,20);1H. The van der Waals surface area contributed by atoms with Gasteiger partial charge in [0.2, 0.25) is 5.91 Å². The van der Waals surface area contributed by atoms with Gasteiger partial charge in [0.05, 0.1) is 6.61 Å². The van der Waals surface area contributed by atoms with E-state index in [1.165, 1.54) is 0 Å². The van der Waals surface area contributed by atoms with Gasteiger partial charge in [-0.3, -0.25) is 9.59 Å². The van der Waals surface area contributed by atoms with Crippen LogP contribution >= 0.6 is 12.4 Å². The van der Waals surface area contributed by atoms with Gasteiger partial charge in [-0.25, -0.2) is 0 Å². The number of rotatable bonds is 10. The lowest BCUT2D eigenvalue weighted by molar-refractivity contribution is -0.121. The van der Waals surface area contributed by atoms with Crippen molar-refractivity contribution in [3.8, 4) is 5.75 Å². The second-order valence-corrected chi connectivity index (χ2v) is 4.73. The Kier molecular flexibility index (Phi) is 11.1. The van der Waals surface area contributed by atoms with Crippen LogP contribution in [0.4, 0.5) is 0 Å². The Morgan fingerprint density at radius 2 is 1.82 bits per heavy atom. The summed E-state index contributed by atoms with van der Waals surface area (Å²) in [6.07, 6.45) is 2.20. The van der Waals surface area contributed by atoms with Crippen LogP contribution in [0.15, 0.2) is 24.3 Å². The normalized spacial score (nSPS) is 9.73. The average Bonchev–Trinajstić information content (AvgIpc) is 2.50. The Morgan fingerprint density at radius 3 is 2.41 bits per heavy atom. The van der Waals surface area contributed by atoms with Crippen molar-refractivity contribution in [2.45, 2.75) is 32.6 Å². The van der Waals surface area contributed by atoms with Gasteiger partial charge in [0, 0.05) is 24.9 Å². The minimum Gasteiger partial charge on any atom is -0.494 e.